The summed E-state index contributed by atoms with van der Waals surface area (Å²) in [5.74, 6) is 1.07. The summed E-state index contributed by atoms with van der Waals surface area (Å²) in [4.78, 5) is 4.68. The van der Waals surface area contributed by atoms with Gasteiger partial charge >= 0.3 is 0 Å². The van der Waals surface area contributed by atoms with Gasteiger partial charge in [0.2, 0.25) is 0 Å². The standard InChI is InChI=1S/C24H31NO/c1-18-14-20(17-25-16-19-10-6-4-7-11-19)23(26)22(15-18)24(2,3)21-12-8-5-9-13-21/h5,8-9,12-15,17,19,26H,4,6-7,10-11,16H2,1-3H3. The number of hydrogen-bond acceptors (Lipinski definition) is 2. The van der Waals surface area contributed by atoms with E-state index in [4.69, 9.17) is 0 Å². The maximum absolute atomic E-state index is 11.0. The Morgan fingerprint density at radius 2 is 1.77 bits per heavy atom. The topological polar surface area (TPSA) is 32.6 Å². The maximum atomic E-state index is 11.0. The third-order valence-corrected chi connectivity index (χ3v) is 5.77. The molecule has 2 heteroatoms. The minimum absolute atomic E-state index is 0.261. The van der Waals surface area contributed by atoms with Crippen LogP contribution in [0.1, 0.15) is 68.2 Å². The third-order valence-electron chi connectivity index (χ3n) is 5.77. The number of hydrogen-bond donors (Lipinski definition) is 1. The number of benzene rings is 2. The highest BCUT2D eigenvalue weighted by atomic mass is 16.3. The average Bonchev–Trinajstić information content (AvgIpc) is 2.65. The number of aliphatic imine (C=N–C) groups is 1. The third kappa shape index (κ3) is 4.17. The van der Waals surface area contributed by atoms with Crippen molar-refractivity contribution in [3.8, 4) is 5.75 Å². The van der Waals surface area contributed by atoms with Crippen LogP contribution >= 0.6 is 0 Å². The highest BCUT2D eigenvalue weighted by molar-refractivity contribution is 5.85. The molecule has 0 saturated heterocycles. The van der Waals surface area contributed by atoms with Crippen LogP contribution in [0, 0.1) is 12.8 Å². The summed E-state index contributed by atoms with van der Waals surface area (Å²) < 4.78 is 0. The summed E-state index contributed by atoms with van der Waals surface area (Å²) in [6, 6.07) is 14.5. The van der Waals surface area contributed by atoms with Gasteiger partial charge in [-0.1, -0.05) is 69.5 Å². The Labute approximate surface area is 158 Å². The van der Waals surface area contributed by atoms with Crippen LogP contribution in [0.2, 0.25) is 0 Å². The SMILES string of the molecule is Cc1cc(C=NCC2CCCCC2)c(O)c(C(C)(C)c2ccccc2)c1. The van der Waals surface area contributed by atoms with E-state index in [0.717, 1.165) is 23.2 Å². The summed E-state index contributed by atoms with van der Waals surface area (Å²) in [5.41, 5.74) is 3.89. The lowest BCUT2D eigenvalue weighted by molar-refractivity contribution is 0.367. The van der Waals surface area contributed by atoms with Gasteiger partial charge in [0.1, 0.15) is 5.75 Å². The summed E-state index contributed by atoms with van der Waals surface area (Å²) in [7, 11) is 0. The van der Waals surface area contributed by atoms with Crippen LogP contribution < -0.4 is 0 Å². The van der Waals surface area contributed by atoms with Crippen LogP contribution in [0.3, 0.4) is 0 Å². The van der Waals surface area contributed by atoms with Crippen LogP contribution in [-0.2, 0) is 5.41 Å². The molecule has 0 atom stereocenters. The molecule has 2 aromatic carbocycles. The lowest BCUT2D eigenvalue weighted by atomic mass is 9.76. The van der Waals surface area contributed by atoms with Crippen molar-refractivity contribution in [3.63, 3.8) is 0 Å². The monoisotopic (exact) mass is 349 g/mol. The Morgan fingerprint density at radius 1 is 1.08 bits per heavy atom. The van der Waals surface area contributed by atoms with E-state index in [-0.39, 0.29) is 5.41 Å². The molecule has 0 radical (unpaired) electrons. The lowest BCUT2D eigenvalue weighted by Crippen LogP contribution is -2.19. The number of rotatable bonds is 5. The van der Waals surface area contributed by atoms with Crippen molar-refractivity contribution < 1.29 is 5.11 Å². The molecule has 1 saturated carbocycles. The second-order valence-electron chi connectivity index (χ2n) is 8.24. The molecule has 0 bridgehead atoms. The van der Waals surface area contributed by atoms with Crippen molar-refractivity contribution in [1.82, 2.24) is 0 Å². The largest absolute Gasteiger partial charge is 0.507 e. The van der Waals surface area contributed by atoms with E-state index in [1.165, 1.54) is 37.7 Å². The zero-order valence-electron chi connectivity index (χ0n) is 16.3. The molecule has 2 aromatic rings. The summed E-state index contributed by atoms with van der Waals surface area (Å²) in [5, 5.41) is 11.0. The second kappa shape index (κ2) is 8.07. The van der Waals surface area contributed by atoms with Crippen LogP contribution in [0.25, 0.3) is 0 Å². The molecule has 0 aliphatic heterocycles. The van der Waals surface area contributed by atoms with Crippen LogP contribution in [0.4, 0.5) is 0 Å². The van der Waals surface area contributed by atoms with Gasteiger partial charge in [-0.15, -0.1) is 0 Å². The molecule has 1 aliphatic carbocycles. The molecular formula is C24H31NO. The highest BCUT2D eigenvalue weighted by Crippen LogP contribution is 2.38. The van der Waals surface area contributed by atoms with Crippen molar-refractivity contribution >= 4 is 6.21 Å². The van der Waals surface area contributed by atoms with E-state index in [9.17, 15) is 5.11 Å². The Hall–Kier alpha value is -2.09. The molecule has 1 N–H and O–H groups in total. The van der Waals surface area contributed by atoms with Gasteiger partial charge in [-0.3, -0.25) is 4.99 Å². The minimum Gasteiger partial charge on any atom is -0.507 e. The van der Waals surface area contributed by atoms with Gasteiger partial charge in [0.05, 0.1) is 0 Å². The Kier molecular flexibility index (Phi) is 5.80. The van der Waals surface area contributed by atoms with E-state index < -0.39 is 0 Å². The molecule has 3 rings (SSSR count). The predicted molar refractivity (Wildman–Crippen MR) is 110 cm³/mol. The molecule has 0 amide bonds. The van der Waals surface area contributed by atoms with E-state index in [0.29, 0.717) is 11.7 Å². The Bertz CT molecular complexity index is 755. The summed E-state index contributed by atoms with van der Waals surface area (Å²) in [6.45, 7) is 7.30. The first-order valence-corrected chi connectivity index (χ1v) is 9.88. The molecule has 0 heterocycles. The van der Waals surface area contributed by atoms with Crippen molar-refractivity contribution in [1.29, 1.82) is 0 Å². The molecule has 0 spiro atoms. The first kappa shape index (κ1) is 18.7. The molecule has 1 fully saturated rings. The maximum Gasteiger partial charge on any atom is 0.128 e. The molecule has 26 heavy (non-hydrogen) atoms. The fourth-order valence-electron chi connectivity index (χ4n) is 4.06. The minimum atomic E-state index is -0.261. The fourth-order valence-corrected chi connectivity index (χ4v) is 4.06. The number of aryl methyl sites for hydroxylation is 1. The van der Waals surface area contributed by atoms with Crippen molar-refractivity contribution in [3.05, 3.63) is 64.7 Å². The van der Waals surface area contributed by atoms with Gasteiger partial charge in [-0.05, 0) is 42.9 Å². The fraction of sp³-hybridized carbons (Fsp3) is 0.458. The van der Waals surface area contributed by atoms with E-state index >= 15 is 0 Å². The zero-order valence-corrected chi connectivity index (χ0v) is 16.3. The Balaban J connectivity index is 1.86. The van der Waals surface area contributed by atoms with Gasteiger partial charge in [-0.25, -0.2) is 0 Å². The van der Waals surface area contributed by atoms with Crippen LogP contribution in [-0.4, -0.2) is 17.9 Å². The number of phenols is 1. The van der Waals surface area contributed by atoms with Gasteiger partial charge in [0.15, 0.2) is 0 Å². The van der Waals surface area contributed by atoms with E-state index in [1.54, 1.807) is 0 Å². The van der Waals surface area contributed by atoms with Gasteiger partial charge in [0, 0.05) is 29.3 Å². The smallest absolute Gasteiger partial charge is 0.128 e. The highest BCUT2D eigenvalue weighted by Gasteiger charge is 2.27. The van der Waals surface area contributed by atoms with Gasteiger partial charge in [-0.2, -0.15) is 0 Å². The van der Waals surface area contributed by atoms with Crippen molar-refractivity contribution in [2.75, 3.05) is 6.54 Å². The molecule has 138 valence electrons. The van der Waals surface area contributed by atoms with E-state index in [1.807, 2.05) is 18.3 Å². The first-order valence-electron chi connectivity index (χ1n) is 9.88. The summed E-state index contributed by atoms with van der Waals surface area (Å²) in [6.07, 6.45) is 8.52. The normalized spacial score (nSPS) is 16.3. The number of nitrogens with zero attached hydrogens (tertiary/aromatic N) is 1. The first-order chi connectivity index (χ1) is 12.5. The lowest BCUT2D eigenvalue weighted by Gasteiger charge is -2.28. The second-order valence-corrected chi connectivity index (χ2v) is 8.24. The summed E-state index contributed by atoms with van der Waals surface area (Å²) >= 11 is 0. The van der Waals surface area contributed by atoms with Crippen LogP contribution in [0.15, 0.2) is 47.5 Å². The van der Waals surface area contributed by atoms with Gasteiger partial charge < -0.3 is 5.11 Å². The number of phenolic OH excluding ortho intramolecular Hbond substituents is 1. The van der Waals surface area contributed by atoms with Gasteiger partial charge in [0.25, 0.3) is 0 Å². The molecule has 0 aromatic heterocycles. The molecule has 0 unspecified atom stereocenters. The van der Waals surface area contributed by atoms with Crippen molar-refractivity contribution in [2.45, 2.75) is 58.3 Å². The Morgan fingerprint density at radius 3 is 2.46 bits per heavy atom. The number of aromatic hydroxyl groups is 1. The van der Waals surface area contributed by atoms with E-state index in [2.05, 4.69) is 56.1 Å². The molecule has 2 nitrogen and oxygen atoms in total. The quantitative estimate of drug-likeness (QED) is 0.657. The van der Waals surface area contributed by atoms with Crippen LogP contribution in [0.5, 0.6) is 5.75 Å². The zero-order chi connectivity index (χ0) is 18.6. The van der Waals surface area contributed by atoms with Crippen molar-refractivity contribution in [2.24, 2.45) is 10.9 Å². The average molecular weight is 350 g/mol. The molecule has 1 aliphatic rings. The predicted octanol–water partition coefficient (Wildman–Crippen LogP) is 6.03. The molecular weight excluding hydrogens is 318 g/mol.